The second-order valence-corrected chi connectivity index (χ2v) is 11.7. The monoisotopic (exact) mass is 620 g/mol. The number of aryl methyl sites for hydroxylation is 1. The summed E-state index contributed by atoms with van der Waals surface area (Å²) < 4.78 is 8.73. The molecular weight excluding hydrogens is 589 g/mol. The van der Waals surface area contributed by atoms with E-state index in [-0.39, 0.29) is 0 Å². The van der Waals surface area contributed by atoms with E-state index in [0.29, 0.717) is 17.5 Å². The molecule has 5 heteroatoms. The van der Waals surface area contributed by atoms with Gasteiger partial charge in [0.1, 0.15) is 11.5 Å². The number of nitrogens with zero attached hydrogens (tertiary/aromatic N) is 4. The lowest BCUT2D eigenvalue weighted by atomic mass is 10.1. The number of ether oxygens (including phenoxy) is 1. The molecule has 8 aromatic rings. The van der Waals surface area contributed by atoms with Crippen LogP contribution in [0, 0.1) is 6.92 Å². The van der Waals surface area contributed by atoms with Crippen molar-refractivity contribution in [2.45, 2.75) is 13.8 Å². The molecule has 0 aliphatic rings. The number of hydrogen-bond acceptors (Lipinski definition) is 4. The van der Waals surface area contributed by atoms with Crippen molar-refractivity contribution < 1.29 is 4.74 Å². The molecule has 0 aliphatic carbocycles. The molecule has 48 heavy (non-hydrogen) atoms. The summed E-state index contributed by atoms with van der Waals surface area (Å²) in [7, 11) is 0. The van der Waals surface area contributed by atoms with Crippen LogP contribution in [0.3, 0.4) is 0 Å². The predicted molar refractivity (Wildman–Crippen MR) is 196 cm³/mol. The molecule has 0 amide bonds. The molecule has 2 heterocycles. The van der Waals surface area contributed by atoms with E-state index in [0.717, 1.165) is 61.4 Å². The summed E-state index contributed by atoms with van der Waals surface area (Å²) in [5.41, 5.74) is 8.17. The minimum Gasteiger partial charge on any atom is -0.457 e. The van der Waals surface area contributed by atoms with E-state index < -0.39 is 0 Å². The zero-order valence-electron chi connectivity index (χ0n) is 26.7. The lowest BCUT2D eigenvalue weighted by Gasteiger charge is -2.13. The van der Waals surface area contributed by atoms with Crippen LogP contribution in [0.15, 0.2) is 158 Å². The first kappa shape index (κ1) is 29.1. The average molecular weight is 621 g/mol. The molecule has 2 aromatic heterocycles. The molecule has 0 spiro atoms. The summed E-state index contributed by atoms with van der Waals surface area (Å²) in [4.78, 5) is 14.8. The number of para-hydroxylation sites is 2. The molecule has 0 unspecified atom stereocenters. The normalized spacial score (nSPS) is 11.7. The molecule has 0 radical (unpaired) electrons. The molecule has 0 saturated heterocycles. The van der Waals surface area contributed by atoms with Crippen LogP contribution >= 0.6 is 0 Å². The first-order chi connectivity index (χ1) is 23.7. The van der Waals surface area contributed by atoms with Crippen LogP contribution in [0.5, 0.6) is 5.75 Å². The number of fused-ring (bicyclic) bond motifs is 3. The molecule has 0 aliphatic heterocycles. The Bertz CT molecular complexity index is 2390. The highest BCUT2D eigenvalue weighted by Crippen LogP contribution is 2.36. The van der Waals surface area contributed by atoms with E-state index in [1.165, 1.54) is 5.39 Å². The first-order valence-corrected chi connectivity index (χ1v) is 16.1. The van der Waals surface area contributed by atoms with Gasteiger partial charge < -0.3 is 9.30 Å². The smallest absolute Gasteiger partial charge is 0.164 e. The highest BCUT2D eigenvalue weighted by atomic mass is 16.5. The van der Waals surface area contributed by atoms with Crippen molar-refractivity contribution in [2.75, 3.05) is 0 Å². The van der Waals surface area contributed by atoms with Crippen molar-refractivity contribution in [3.05, 3.63) is 169 Å². The fraction of sp³-hybridized carbons (Fsp3) is 0.0465. The molecule has 230 valence electrons. The summed E-state index contributed by atoms with van der Waals surface area (Å²) in [6, 6.07) is 51.8. The minimum absolute atomic E-state index is 0.624. The molecule has 5 nitrogen and oxygen atoms in total. The Hall–Kier alpha value is -6.33. The lowest BCUT2D eigenvalue weighted by Crippen LogP contribution is -2.01. The average Bonchev–Trinajstić information content (AvgIpc) is 3.49. The largest absolute Gasteiger partial charge is 0.457 e. The Morgan fingerprint density at radius 2 is 1.12 bits per heavy atom. The van der Waals surface area contributed by atoms with Crippen LogP contribution in [-0.4, -0.2) is 19.5 Å². The van der Waals surface area contributed by atoms with E-state index >= 15 is 0 Å². The van der Waals surface area contributed by atoms with Gasteiger partial charge in [-0.25, -0.2) is 15.0 Å². The van der Waals surface area contributed by atoms with Crippen LogP contribution in [0.25, 0.3) is 67.4 Å². The molecular formula is C43H32N4O. The maximum Gasteiger partial charge on any atom is 0.164 e. The Morgan fingerprint density at radius 3 is 1.81 bits per heavy atom. The molecule has 8 rings (SSSR count). The summed E-state index contributed by atoms with van der Waals surface area (Å²) in [5.74, 6) is 3.58. The van der Waals surface area contributed by atoms with Crippen LogP contribution in [-0.2, 0) is 0 Å². The van der Waals surface area contributed by atoms with Crippen molar-refractivity contribution in [3.8, 4) is 45.6 Å². The fourth-order valence-corrected chi connectivity index (χ4v) is 6.20. The van der Waals surface area contributed by atoms with Crippen LogP contribution < -0.4 is 4.74 Å². The van der Waals surface area contributed by atoms with Crippen molar-refractivity contribution in [1.29, 1.82) is 0 Å². The molecule has 0 N–H and O–H groups in total. The second kappa shape index (κ2) is 12.5. The lowest BCUT2D eigenvalue weighted by molar-refractivity contribution is 0.510. The second-order valence-electron chi connectivity index (χ2n) is 11.7. The molecule has 0 saturated carbocycles. The minimum atomic E-state index is 0.624. The highest BCUT2D eigenvalue weighted by molar-refractivity contribution is 6.10. The number of rotatable bonds is 7. The van der Waals surface area contributed by atoms with E-state index in [1.54, 1.807) is 0 Å². The third kappa shape index (κ3) is 5.41. The van der Waals surface area contributed by atoms with Gasteiger partial charge in [0.2, 0.25) is 0 Å². The summed E-state index contributed by atoms with van der Waals surface area (Å²) >= 11 is 0. The topological polar surface area (TPSA) is 52.8 Å². The number of aromatic nitrogens is 4. The third-order valence-corrected chi connectivity index (χ3v) is 8.59. The van der Waals surface area contributed by atoms with Gasteiger partial charge in [0, 0.05) is 38.7 Å². The Kier molecular flexibility index (Phi) is 7.55. The summed E-state index contributed by atoms with van der Waals surface area (Å²) in [6.45, 7) is 4.08. The maximum absolute atomic E-state index is 6.42. The van der Waals surface area contributed by atoms with Gasteiger partial charge in [-0.05, 0) is 68.0 Å². The molecule has 0 atom stereocenters. The SMILES string of the molecule is CC=C(Oc1ccccc1C)c1ccc2c(c1)c1ccccc1n2-c1cccc(-c2nc(-c3ccccc3)nc(-c3ccccc3)n2)c1. The Labute approximate surface area is 279 Å². The van der Waals surface area contributed by atoms with Gasteiger partial charge in [-0.15, -0.1) is 0 Å². The van der Waals surface area contributed by atoms with Gasteiger partial charge in [0.25, 0.3) is 0 Å². The van der Waals surface area contributed by atoms with Crippen molar-refractivity contribution in [3.63, 3.8) is 0 Å². The van der Waals surface area contributed by atoms with Gasteiger partial charge in [-0.2, -0.15) is 0 Å². The first-order valence-electron chi connectivity index (χ1n) is 16.1. The quantitative estimate of drug-likeness (QED) is 0.166. The third-order valence-electron chi connectivity index (χ3n) is 8.59. The van der Waals surface area contributed by atoms with Crippen LogP contribution in [0.2, 0.25) is 0 Å². The Morgan fingerprint density at radius 1 is 0.542 bits per heavy atom. The van der Waals surface area contributed by atoms with Gasteiger partial charge >= 0.3 is 0 Å². The summed E-state index contributed by atoms with van der Waals surface area (Å²) in [5, 5.41) is 2.32. The van der Waals surface area contributed by atoms with E-state index in [1.807, 2.05) is 91.9 Å². The van der Waals surface area contributed by atoms with Crippen LogP contribution in [0.1, 0.15) is 18.1 Å². The van der Waals surface area contributed by atoms with E-state index in [9.17, 15) is 0 Å². The molecule has 6 aromatic carbocycles. The standard InChI is InChI=1S/C43H32N4O/c1-3-39(48-40-24-13-10-15-29(40)2)32-25-26-38-36(28-32)35-22-11-12-23-37(35)47(38)34-21-14-20-33(27-34)43-45-41(30-16-6-4-7-17-30)44-42(46-43)31-18-8-5-9-19-31/h3-28H,1-2H3. The zero-order chi connectivity index (χ0) is 32.5. The van der Waals surface area contributed by atoms with Gasteiger partial charge in [-0.3, -0.25) is 0 Å². The molecule has 0 bridgehead atoms. The summed E-state index contributed by atoms with van der Waals surface area (Å²) in [6.07, 6.45) is 2.03. The van der Waals surface area contributed by atoms with Crippen LogP contribution in [0.4, 0.5) is 0 Å². The van der Waals surface area contributed by atoms with Crippen molar-refractivity contribution in [2.24, 2.45) is 0 Å². The van der Waals surface area contributed by atoms with Crippen molar-refractivity contribution in [1.82, 2.24) is 19.5 Å². The van der Waals surface area contributed by atoms with Gasteiger partial charge in [0.05, 0.1) is 11.0 Å². The van der Waals surface area contributed by atoms with E-state index in [4.69, 9.17) is 19.7 Å². The van der Waals surface area contributed by atoms with Gasteiger partial charge in [0.15, 0.2) is 17.5 Å². The van der Waals surface area contributed by atoms with Gasteiger partial charge in [-0.1, -0.05) is 109 Å². The Balaban J connectivity index is 1.25. The number of benzene rings is 6. The maximum atomic E-state index is 6.42. The zero-order valence-corrected chi connectivity index (χ0v) is 26.7. The fourth-order valence-electron chi connectivity index (χ4n) is 6.20. The predicted octanol–water partition coefficient (Wildman–Crippen LogP) is 10.7. The highest BCUT2D eigenvalue weighted by Gasteiger charge is 2.17. The number of allylic oxidation sites excluding steroid dienone is 1. The van der Waals surface area contributed by atoms with Crippen molar-refractivity contribution >= 4 is 27.6 Å². The number of hydrogen-bond donors (Lipinski definition) is 0. The van der Waals surface area contributed by atoms with E-state index in [2.05, 4.69) is 84.3 Å². The molecule has 0 fully saturated rings.